The molecule has 1 aromatic carbocycles. The maximum atomic E-state index is 13.7. The lowest BCUT2D eigenvalue weighted by Crippen LogP contribution is -2.63. The first-order valence-corrected chi connectivity index (χ1v) is 16.4. The Balaban J connectivity index is 1.19. The van der Waals surface area contributed by atoms with E-state index in [0.717, 1.165) is 18.7 Å². The Morgan fingerprint density at radius 3 is 2.65 bits per heavy atom. The highest BCUT2D eigenvalue weighted by molar-refractivity contribution is 7.18. The monoisotopic (exact) mass is 672 g/mol. The Hall–Kier alpha value is -4.83. The normalized spacial score (nSPS) is 21.7. The number of carbonyl (C=O) groups is 3. The molecule has 6 heterocycles. The van der Waals surface area contributed by atoms with Crippen molar-refractivity contribution in [2.75, 3.05) is 26.3 Å². The number of benzene rings is 1. The molecule has 1 amide bonds. The lowest BCUT2D eigenvalue weighted by molar-refractivity contribution is -0.384. The lowest BCUT2D eigenvalue weighted by atomic mass is 9.77. The number of aliphatic hydroxyl groups is 1. The minimum atomic E-state index is -0.919. The zero-order valence-corrected chi connectivity index (χ0v) is 27.0. The van der Waals surface area contributed by atoms with E-state index in [9.17, 15) is 29.6 Å². The maximum Gasteiger partial charge on any atom is 0.355 e. The number of nitro benzene ring substituents is 1. The number of esters is 1. The fourth-order valence-corrected chi connectivity index (χ4v) is 7.96. The smallest absolute Gasteiger partial charge is 0.355 e. The number of aliphatic hydroxyl groups excluding tert-OH is 1. The number of β-lactam (4-membered cyclic amide) rings is 1. The Kier molecular flexibility index (Phi) is 8.37. The molecule has 4 atom stereocenters. The quantitative estimate of drug-likeness (QED) is 0.0864. The van der Waals surface area contributed by atoms with Crippen LogP contribution >= 0.6 is 11.3 Å². The minimum absolute atomic E-state index is 0.0849. The number of hydrogen-bond donors (Lipinski definition) is 1. The predicted molar refractivity (Wildman–Crippen MR) is 172 cm³/mol. The van der Waals surface area contributed by atoms with E-state index in [1.807, 2.05) is 13.0 Å². The van der Waals surface area contributed by atoms with Crippen LogP contribution in [-0.4, -0.2) is 90.3 Å². The van der Waals surface area contributed by atoms with Crippen LogP contribution in [0.1, 0.15) is 45.9 Å². The minimum Gasteiger partial charge on any atom is -0.456 e. The largest absolute Gasteiger partial charge is 0.456 e. The summed E-state index contributed by atoms with van der Waals surface area (Å²) < 4.78 is 12.8. The van der Waals surface area contributed by atoms with E-state index in [1.165, 1.54) is 46.7 Å². The second kappa shape index (κ2) is 12.6. The van der Waals surface area contributed by atoms with Gasteiger partial charge in [0, 0.05) is 67.4 Å². The maximum absolute atomic E-state index is 13.7. The van der Waals surface area contributed by atoms with Crippen LogP contribution in [0.4, 0.5) is 5.69 Å². The van der Waals surface area contributed by atoms with Gasteiger partial charge < -0.3 is 19.5 Å². The molecule has 2 saturated heterocycles. The van der Waals surface area contributed by atoms with Crippen LogP contribution < -0.4 is 0 Å². The number of nitro groups is 1. The average molecular weight is 673 g/mol. The summed E-state index contributed by atoms with van der Waals surface area (Å²) in [6.07, 6.45) is 5.68. The van der Waals surface area contributed by atoms with Crippen molar-refractivity contribution in [1.29, 1.82) is 0 Å². The van der Waals surface area contributed by atoms with Crippen molar-refractivity contribution >= 4 is 45.1 Å². The summed E-state index contributed by atoms with van der Waals surface area (Å²) in [5.41, 5.74) is 2.68. The van der Waals surface area contributed by atoms with Crippen molar-refractivity contribution in [2.45, 2.75) is 39.1 Å². The van der Waals surface area contributed by atoms with Crippen LogP contribution in [0, 0.1) is 22.0 Å². The molecular formula is C33H32N6O8S. The SMILES string of the molecule is C[C@@H](O)[C@H]1C(=O)N2C(C(=O)OCc3ccc([N+](=O)[O-])cc3)=C(c3cn4cnc(C(=O)c5cncc(CN6CCOCC6)c5)c4s3)[C@H](C)[C@H]12. The second-order valence-corrected chi connectivity index (χ2v) is 13.2. The van der Waals surface area contributed by atoms with Crippen LogP contribution in [0.3, 0.4) is 0 Å². The fourth-order valence-electron chi connectivity index (χ4n) is 6.75. The molecular weight excluding hydrogens is 640 g/mol. The molecule has 0 saturated carbocycles. The van der Waals surface area contributed by atoms with Gasteiger partial charge in [0.1, 0.15) is 29.2 Å². The summed E-state index contributed by atoms with van der Waals surface area (Å²) in [4.78, 5) is 64.8. The number of ketones is 1. The number of hydrogen-bond acceptors (Lipinski definition) is 12. The van der Waals surface area contributed by atoms with E-state index in [0.29, 0.717) is 46.2 Å². The molecule has 0 spiro atoms. The number of aromatic nitrogens is 3. The van der Waals surface area contributed by atoms with E-state index in [-0.39, 0.29) is 41.3 Å². The van der Waals surface area contributed by atoms with Crippen LogP contribution in [0.5, 0.6) is 0 Å². The predicted octanol–water partition coefficient (Wildman–Crippen LogP) is 3.07. The number of thiazole rings is 1. The summed E-state index contributed by atoms with van der Waals surface area (Å²) in [5, 5.41) is 21.4. The Morgan fingerprint density at radius 2 is 1.94 bits per heavy atom. The summed E-state index contributed by atoms with van der Waals surface area (Å²) in [7, 11) is 0. The van der Waals surface area contributed by atoms with Gasteiger partial charge in [-0.05, 0) is 36.2 Å². The van der Waals surface area contributed by atoms with Gasteiger partial charge in [-0.1, -0.05) is 6.92 Å². The van der Waals surface area contributed by atoms with Crippen molar-refractivity contribution in [2.24, 2.45) is 11.8 Å². The molecule has 0 bridgehead atoms. The molecule has 0 radical (unpaired) electrons. The Bertz CT molecular complexity index is 1960. The van der Waals surface area contributed by atoms with Crippen molar-refractivity contribution < 1.29 is 33.9 Å². The summed E-state index contributed by atoms with van der Waals surface area (Å²) in [5.74, 6) is -2.40. The van der Waals surface area contributed by atoms with Crippen LogP contribution in [0.2, 0.25) is 0 Å². The van der Waals surface area contributed by atoms with Gasteiger partial charge in [-0.3, -0.25) is 34.0 Å². The van der Waals surface area contributed by atoms with E-state index < -0.39 is 29.0 Å². The van der Waals surface area contributed by atoms with Crippen LogP contribution in [0.15, 0.2) is 60.9 Å². The second-order valence-electron chi connectivity index (χ2n) is 12.2. The number of morpholine rings is 1. The summed E-state index contributed by atoms with van der Waals surface area (Å²) in [6, 6.07) is 7.03. The van der Waals surface area contributed by atoms with Gasteiger partial charge in [0.2, 0.25) is 11.7 Å². The summed E-state index contributed by atoms with van der Waals surface area (Å²) in [6.45, 7) is 6.89. The molecule has 48 heavy (non-hydrogen) atoms. The number of imidazole rings is 1. The Labute approximate surface area is 278 Å². The average Bonchev–Trinajstić information content (AvgIpc) is 3.73. The first-order valence-electron chi connectivity index (χ1n) is 15.5. The molecule has 3 aromatic heterocycles. The first-order chi connectivity index (χ1) is 23.1. The topological polar surface area (TPSA) is 170 Å². The van der Waals surface area contributed by atoms with Gasteiger partial charge in [0.15, 0.2) is 0 Å². The first kappa shape index (κ1) is 31.8. The van der Waals surface area contributed by atoms with Gasteiger partial charge in [-0.15, -0.1) is 11.3 Å². The number of pyridine rings is 1. The molecule has 15 heteroatoms. The highest BCUT2D eigenvalue weighted by atomic mass is 32.1. The summed E-state index contributed by atoms with van der Waals surface area (Å²) >= 11 is 1.28. The molecule has 0 unspecified atom stereocenters. The van der Waals surface area contributed by atoms with E-state index in [1.54, 1.807) is 30.0 Å². The molecule has 3 aliphatic rings. The van der Waals surface area contributed by atoms with Gasteiger partial charge in [-0.25, -0.2) is 9.78 Å². The zero-order valence-electron chi connectivity index (χ0n) is 26.1. The number of fused-ring (bicyclic) bond motifs is 2. The number of non-ortho nitro benzene ring substituents is 1. The fraction of sp³-hybridized carbons (Fsp3) is 0.364. The molecule has 4 aromatic rings. The number of rotatable bonds is 10. The molecule has 14 nitrogen and oxygen atoms in total. The van der Waals surface area contributed by atoms with Crippen molar-refractivity contribution in [1.82, 2.24) is 24.2 Å². The molecule has 3 aliphatic heterocycles. The number of ether oxygens (including phenoxy) is 2. The molecule has 2 fully saturated rings. The van der Waals surface area contributed by atoms with Crippen LogP contribution in [-0.2, 0) is 32.2 Å². The highest BCUT2D eigenvalue weighted by Gasteiger charge is 2.60. The molecule has 1 N–H and O–H groups in total. The third-order valence-corrected chi connectivity index (χ3v) is 10.3. The van der Waals surface area contributed by atoms with Crippen molar-refractivity contribution in [3.8, 4) is 0 Å². The highest BCUT2D eigenvalue weighted by Crippen LogP contribution is 2.52. The zero-order chi connectivity index (χ0) is 33.7. The van der Waals surface area contributed by atoms with Crippen molar-refractivity contribution in [3.05, 3.63) is 98.3 Å². The lowest BCUT2D eigenvalue weighted by Gasteiger charge is -2.46. The standard InChI is InChI=1S/C33H32N6O8S/c1-18-25(29(38-28(18)26(19(2)40)31(38)42)33(43)47-16-20-3-5-23(6-4-20)39(44)45)24-15-37-17-35-27(32(37)48-24)30(41)22-11-21(12-34-13-22)14-36-7-9-46-10-8-36/h3-6,11-13,15,17-19,26,28,40H,7-10,14,16H2,1-2H3/t18-,19+,26+,28+/m0/s1. The van der Waals surface area contributed by atoms with E-state index >= 15 is 0 Å². The third-order valence-electron chi connectivity index (χ3n) is 9.14. The van der Waals surface area contributed by atoms with Crippen molar-refractivity contribution in [3.63, 3.8) is 0 Å². The number of amides is 1. The van der Waals surface area contributed by atoms with Gasteiger partial charge in [0.05, 0.1) is 41.1 Å². The third kappa shape index (κ3) is 5.57. The molecule has 7 rings (SSSR count). The van der Waals surface area contributed by atoms with E-state index in [2.05, 4.69) is 14.9 Å². The number of carbonyl (C=O) groups excluding carboxylic acids is 3. The Morgan fingerprint density at radius 1 is 1.19 bits per heavy atom. The molecule has 248 valence electrons. The van der Waals surface area contributed by atoms with Gasteiger partial charge in [0.25, 0.3) is 5.69 Å². The molecule has 0 aliphatic carbocycles. The van der Waals surface area contributed by atoms with Gasteiger partial charge >= 0.3 is 5.97 Å². The van der Waals surface area contributed by atoms with Crippen LogP contribution in [0.25, 0.3) is 10.4 Å². The number of nitrogens with zero attached hydrogens (tertiary/aromatic N) is 6. The van der Waals surface area contributed by atoms with Gasteiger partial charge in [-0.2, -0.15) is 0 Å². The van der Waals surface area contributed by atoms with E-state index in [4.69, 9.17) is 9.47 Å².